The van der Waals surface area contributed by atoms with E-state index in [2.05, 4.69) is 5.32 Å². The summed E-state index contributed by atoms with van der Waals surface area (Å²) in [5, 5.41) is 13.3. The zero-order valence-electron chi connectivity index (χ0n) is 10.9. The van der Waals surface area contributed by atoms with Crippen LogP contribution in [0, 0.1) is 5.92 Å². The van der Waals surface area contributed by atoms with E-state index < -0.39 is 0 Å². The molecule has 1 aromatic carbocycles. The molecule has 1 saturated heterocycles. The average Bonchev–Trinajstić information content (AvgIpc) is 2.87. The molecule has 0 aromatic heterocycles. The molecule has 0 bridgehead atoms. The molecule has 3 rings (SSSR count). The monoisotopic (exact) mass is 265 g/mol. The second-order valence-electron chi connectivity index (χ2n) is 5.02. The standard InChI is InChI=1S/C14H19NO4/c16-12-6-14-13(18-9-19-14)5-11(12)8-15-7-10-1-3-17-4-2-10/h5-6,10,15-16H,1-4,7-9H2. The van der Waals surface area contributed by atoms with Gasteiger partial charge in [0.15, 0.2) is 11.5 Å². The lowest BCUT2D eigenvalue weighted by atomic mass is 10.0. The fourth-order valence-corrected chi connectivity index (χ4v) is 2.48. The highest BCUT2D eigenvalue weighted by atomic mass is 16.7. The number of benzene rings is 1. The Labute approximate surface area is 112 Å². The minimum atomic E-state index is 0.230. The summed E-state index contributed by atoms with van der Waals surface area (Å²) < 4.78 is 15.9. The number of ether oxygens (including phenoxy) is 3. The Bertz CT molecular complexity index is 443. The van der Waals surface area contributed by atoms with E-state index >= 15 is 0 Å². The average molecular weight is 265 g/mol. The number of fused-ring (bicyclic) bond motifs is 1. The molecule has 2 aliphatic rings. The molecule has 5 nitrogen and oxygen atoms in total. The van der Waals surface area contributed by atoms with Crippen molar-refractivity contribution in [1.82, 2.24) is 5.32 Å². The highest BCUT2D eigenvalue weighted by molar-refractivity contribution is 5.51. The number of hydrogen-bond acceptors (Lipinski definition) is 5. The molecule has 0 radical (unpaired) electrons. The summed E-state index contributed by atoms with van der Waals surface area (Å²) in [7, 11) is 0. The van der Waals surface area contributed by atoms with E-state index in [9.17, 15) is 5.11 Å². The second-order valence-corrected chi connectivity index (χ2v) is 5.02. The van der Waals surface area contributed by atoms with Crippen molar-refractivity contribution in [2.75, 3.05) is 26.6 Å². The molecule has 5 heteroatoms. The van der Waals surface area contributed by atoms with Gasteiger partial charge in [0, 0.05) is 31.4 Å². The smallest absolute Gasteiger partial charge is 0.231 e. The molecule has 1 aromatic rings. The normalized spacial score (nSPS) is 18.7. The number of rotatable bonds is 4. The lowest BCUT2D eigenvalue weighted by Gasteiger charge is -2.22. The van der Waals surface area contributed by atoms with E-state index in [1.165, 1.54) is 0 Å². The van der Waals surface area contributed by atoms with Gasteiger partial charge in [-0.05, 0) is 31.4 Å². The van der Waals surface area contributed by atoms with Gasteiger partial charge in [-0.25, -0.2) is 0 Å². The van der Waals surface area contributed by atoms with Crippen molar-refractivity contribution in [2.24, 2.45) is 5.92 Å². The minimum absolute atomic E-state index is 0.230. The van der Waals surface area contributed by atoms with Crippen molar-refractivity contribution in [3.05, 3.63) is 17.7 Å². The third-order valence-electron chi connectivity index (χ3n) is 3.66. The topological polar surface area (TPSA) is 60.0 Å². The van der Waals surface area contributed by atoms with Crippen LogP contribution in [0.15, 0.2) is 12.1 Å². The summed E-state index contributed by atoms with van der Waals surface area (Å²) in [4.78, 5) is 0. The van der Waals surface area contributed by atoms with Crippen molar-refractivity contribution in [2.45, 2.75) is 19.4 Å². The number of aromatic hydroxyl groups is 1. The highest BCUT2D eigenvalue weighted by Crippen LogP contribution is 2.37. The first-order chi connectivity index (χ1) is 9.33. The molecule has 0 atom stereocenters. The van der Waals surface area contributed by atoms with E-state index in [0.717, 1.165) is 38.2 Å². The third kappa shape index (κ3) is 2.93. The molecule has 0 spiro atoms. The van der Waals surface area contributed by atoms with Crippen LogP contribution >= 0.6 is 0 Å². The Morgan fingerprint density at radius 2 is 1.89 bits per heavy atom. The summed E-state index contributed by atoms with van der Waals surface area (Å²) in [6.45, 7) is 3.55. The van der Waals surface area contributed by atoms with Gasteiger partial charge in [-0.2, -0.15) is 0 Å². The van der Waals surface area contributed by atoms with Gasteiger partial charge in [-0.3, -0.25) is 0 Å². The fraction of sp³-hybridized carbons (Fsp3) is 0.571. The van der Waals surface area contributed by atoms with E-state index in [1.54, 1.807) is 6.07 Å². The van der Waals surface area contributed by atoms with Crippen LogP contribution in [-0.4, -0.2) is 31.7 Å². The summed E-state index contributed by atoms with van der Waals surface area (Å²) in [6.07, 6.45) is 2.22. The number of phenolic OH excluding ortho intramolecular Hbond substituents is 1. The number of nitrogens with one attached hydrogen (secondary N) is 1. The first kappa shape index (κ1) is 12.6. The van der Waals surface area contributed by atoms with Gasteiger partial charge in [-0.15, -0.1) is 0 Å². The molecule has 0 amide bonds. The van der Waals surface area contributed by atoms with Crippen LogP contribution in [-0.2, 0) is 11.3 Å². The molecular weight excluding hydrogens is 246 g/mol. The molecule has 2 heterocycles. The zero-order chi connectivity index (χ0) is 13.1. The minimum Gasteiger partial charge on any atom is -0.507 e. The Morgan fingerprint density at radius 3 is 2.68 bits per heavy atom. The van der Waals surface area contributed by atoms with Crippen molar-refractivity contribution in [3.8, 4) is 17.2 Å². The van der Waals surface area contributed by atoms with Crippen LogP contribution in [0.25, 0.3) is 0 Å². The van der Waals surface area contributed by atoms with E-state index in [1.807, 2.05) is 6.07 Å². The Balaban J connectivity index is 1.54. The summed E-state index contributed by atoms with van der Waals surface area (Å²) >= 11 is 0. The molecule has 104 valence electrons. The van der Waals surface area contributed by atoms with Gasteiger partial charge >= 0.3 is 0 Å². The van der Waals surface area contributed by atoms with Crippen LogP contribution in [0.5, 0.6) is 17.2 Å². The molecule has 19 heavy (non-hydrogen) atoms. The summed E-state index contributed by atoms with van der Waals surface area (Å²) in [6, 6.07) is 3.46. The van der Waals surface area contributed by atoms with Crippen LogP contribution in [0.1, 0.15) is 18.4 Å². The molecular formula is C14H19NO4. The molecule has 0 saturated carbocycles. The lowest BCUT2D eigenvalue weighted by molar-refractivity contribution is 0.0662. The first-order valence-electron chi connectivity index (χ1n) is 6.73. The molecule has 0 unspecified atom stereocenters. The molecule has 2 N–H and O–H groups in total. The first-order valence-corrected chi connectivity index (χ1v) is 6.73. The maximum Gasteiger partial charge on any atom is 0.231 e. The van der Waals surface area contributed by atoms with Gasteiger partial charge in [0.25, 0.3) is 0 Å². The summed E-state index contributed by atoms with van der Waals surface area (Å²) in [5.41, 5.74) is 0.844. The van der Waals surface area contributed by atoms with Crippen molar-refractivity contribution in [1.29, 1.82) is 0 Å². The third-order valence-corrected chi connectivity index (χ3v) is 3.66. The summed E-state index contributed by atoms with van der Waals surface area (Å²) in [5.74, 6) is 2.25. The van der Waals surface area contributed by atoms with Crippen LogP contribution < -0.4 is 14.8 Å². The van der Waals surface area contributed by atoms with Gasteiger partial charge in [0.1, 0.15) is 5.75 Å². The van der Waals surface area contributed by atoms with Crippen LogP contribution in [0.3, 0.4) is 0 Å². The maximum atomic E-state index is 9.92. The van der Waals surface area contributed by atoms with E-state index in [0.29, 0.717) is 24.0 Å². The largest absolute Gasteiger partial charge is 0.507 e. The highest BCUT2D eigenvalue weighted by Gasteiger charge is 2.17. The lowest BCUT2D eigenvalue weighted by Crippen LogP contribution is -2.27. The number of hydrogen-bond donors (Lipinski definition) is 2. The fourth-order valence-electron chi connectivity index (χ4n) is 2.48. The van der Waals surface area contributed by atoms with Crippen LogP contribution in [0.2, 0.25) is 0 Å². The van der Waals surface area contributed by atoms with Gasteiger partial charge in [-0.1, -0.05) is 0 Å². The predicted octanol–water partition coefficient (Wildman–Crippen LogP) is 1.64. The second kappa shape index (κ2) is 5.67. The van der Waals surface area contributed by atoms with E-state index in [4.69, 9.17) is 14.2 Å². The van der Waals surface area contributed by atoms with Crippen molar-refractivity contribution < 1.29 is 19.3 Å². The quantitative estimate of drug-likeness (QED) is 0.866. The van der Waals surface area contributed by atoms with Crippen molar-refractivity contribution >= 4 is 0 Å². The van der Waals surface area contributed by atoms with Crippen LogP contribution in [0.4, 0.5) is 0 Å². The van der Waals surface area contributed by atoms with Gasteiger partial charge < -0.3 is 24.6 Å². The Hall–Kier alpha value is -1.46. The SMILES string of the molecule is Oc1cc2c(cc1CNCC1CCOCC1)OCO2. The van der Waals surface area contributed by atoms with Gasteiger partial charge in [0.05, 0.1) is 0 Å². The molecule has 2 aliphatic heterocycles. The Kier molecular flexibility index (Phi) is 3.75. The van der Waals surface area contributed by atoms with Crippen molar-refractivity contribution in [3.63, 3.8) is 0 Å². The predicted molar refractivity (Wildman–Crippen MR) is 69.5 cm³/mol. The zero-order valence-corrected chi connectivity index (χ0v) is 10.9. The Morgan fingerprint density at radius 1 is 1.16 bits per heavy atom. The number of phenols is 1. The molecule has 0 aliphatic carbocycles. The van der Waals surface area contributed by atoms with E-state index in [-0.39, 0.29) is 12.5 Å². The maximum absolute atomic E-state index is 9.92. The molecule has 1 fully saturated rings. The van der Waals surface area contributed by atoms with Gasteiger partial charge in [0.2, 0.25) is 6.79 Å².